The fraction of sp³-hybridized carbons (Fsp3) is 0.400. The van der Waals surface area contributed by atoms with Gasteiger partial charge in [0.2, 0.25) is 10.3 Å². The highest BCUT2D eigenvalue weighted by Crippen LogP contribution is 2.25. The maximum Gasteiger partial charge on any atom is 0.325 e. The van der Waals surface area contributed by atoms with Crippen LogP contribution < -0.4 is 15.5 Å². The molecule has 2 amide bonds. The van der Waals surface area contributed by atoms with Crippen molar-refractivity contribution in [3.05, 3.63) is 29.3 Å². The molecule has 2 N–H and O–H groups in total. The minimum atomic E-state index is -0.387. The first-order valence-corrected chi connectivity index (χ1v) is 8.98. The standard InChI is InChI=1S/C15H19ClN6OS/c1-2-21-7-9-22(10-8-21)15-20-19-14(24-15)18-13(23)17-12-6-4-3-5-11(12)16/h3-6H,2,7-10H2,1H3,(H2,17,18,19,23). The monoisotopic (exact) mass is 366 g/mol. The molecule has 0 atom stereocenters. The maximum absolute atomic E-state index is 12.0. The molecule has 9 heteroatoms. The van der Waals surface area contributed by atoms with E-state index in [4.69, 9.17) is 11.6 Å². The molecule has 1 fully saturated rings. The van der Waals surface area contributed by atoms with E-state index in [0.717, 1.165) is 37.9 Å². The van der Waals surface area contributed by atoms with Crippen molar-refractivity contribution < 1.29 is 4.79 Å². The van der Waals surface area contributed by atoms with Gasteiger partial charge in [-0.2, -0.15) is 0 Å². The SMILES string of the molecule is CCN1CCN(c2nnc(NC(=O)Nc3ccccc3Cl)s2)CC1. The normalized spacial score (nSPS) is 15.3. The van der Waals surface area contributed by atoms with Crippen LogP contribution in [0.1, 0.15) is 6.92 Å². The number of nitrogens with zero attached hydrogens (tertiary/aromatic N) is 4. The van der Waals surface area contributed by atoms with Crippen molar-refractivity contribution in [1.29, 1.82) is 0 Å². The van der Waals surface area contributed by atoms with Crippen LogP contribution in [-0.4, -0.2) is 53.9 Å². The van der Waals surface area contributed by atoms with Gasteiger partial charge in [0.15, 0.2) is 0 Å². The van der Waals surface area contributed by atoms with E-state index in [2.05, 4.69) is 37.6 Å². The number of hydrogen-bond donors (Lipinski definition) is 2. The fourth-order valence-electron chi connectivity index (χ4n) is 2.46. The van der Waals surface area contributed by atoms with Gasteiger partial charge in [0.25, 0.3) is 0 Å². The maximum atomic E-state index is 12.0. The number of amides is 2. The van der Waals surface area contributed by atoms with Gasteiger partial charge in [-0.05, 0) is 18.7 Å². The average molecular weight is 367 g/mol. The highest BCUT2D eigenvalue weighted by molar-refractivity contribution is 7.19. The summed E-state index contributed by atoms with van der Waals surface area (Å²) < 4.78 is 0. The lowest BCUT2D eigenvalue weighted by Crippen LogP contribution is -2.46. The first kappa shape index (κ1) is 16.9. The second-order valence-corrected chi connectivity index (χ2v) is 6.73. The van der Waals surface area contributed by atoms with Crippen LogP contribution in [0.2, 0.25) is 5.02 Å². The molecule has 0 saturated carbocycles. The van der Waals surface area contributed by atoms with Crippen molar-refractivity contribution in [3.63, 3.8) is 0 Å². The summed E-state index contributed by atoms with van der Waals surface area (Å²) in [7, 11) is 0. The molecule has 1 aliphatic heterocycles. The predicted molar refractivity (Wildman–Crippen MR) is 98.3 cm³/mol. The largest absolute Gasteiger partial charge is 0.344 e. The van der Waals surface area contributed by atoms with E-state index in [0.29, 0.717) is 15.8 Å². The number of likely N-dealkylation sites (N-methyl/N-ethyl adjacent to an activating group) is 1. The van der Waals surface area contributed by atoms with Crippen molar-refractivity contribution in [2.45, 2.75) is 6.92 Å². The summed E-state index contributed by atoms with van der Waals surface area (Å²) in [6.07, 6.45) is 0. The van der Waals surface area contributed by atoms with Gasteiger partial charge in [-0.15, -0.1) is 10.2 Å². The highest BCUT2D eigenvalue weighted by atomic mass is 35.5. The lowest BCUT2D eigenvalue weighted by Gasteiger charge is -2.33. The topological polar surface area (TPSA) is 73.4 Å². The number of hydrogen-bond acceptors (Lipinski definition) is 6. The minimum Gasteiger partial charge on any atom is -0.344 e. The molecule has 1 aromatic heterocycles. The zero-order chi connectivity index (χ0) is 16.9. The molecular weight excluding hydrogens is 348 g/mol. The first-order valence-electron chi connectivity index (χ1n) is 7.79. The summed E-state index contributed by atoms with van der Waals surface area (Å²) in [5.41, 5.74) is 0.553. The van der Waals surface area contributed by atoms with Crippen LogP contribution in [0.25, 0.3) is 0 Å². The number of benzene rings is 1. The Balaban J connectivity index is 1.56. The van der Waals surface area contributed by atoms with Crippen molar-refractivity contribution in [1.82, 2.24) is 15.1 Å². The molecule has 0 unspecified atom stereocenters. The zero-order valence-corrected chi connectivity index (χ0v) is 14.9. The second-order valence-electron chi connectivity index (χ2n) is 5.37. The number of aromatic nitrogens is 2. The Labute approximate surface area is 149 Å². The van der Waals surface area contributed by atoms with Crippen LogP contribution in [-0.2, 0) is 0 Å². The van der Waals surface area contributed by atoms with Crippen molar-refractivity contribution in [2.75, 3.05) is 48.3 Å². The third kappa shape index (κ3) is 4.14. The predicted octanol–water partition coefficient (Wildman–Crippen LogP) is 2.98. The Hall–Kier alpha value is -1.90. The van der Waals surface area contributed by atoms with Gasteiger partial charge in [0.05, 0.1) is 10.7 Å². The van der Waals surface area contributed by atoms with Crippen molar-refractivity contribution in [3.8, 4) is 0 Å². The van der Waals surface area contributed by atoms with Gasteiger partial charge >= 0.3 is 6.03 Å². The molecule has 24 heavy (non-hydrogen) atoms. The third-order valence-electron chi connectivity index (χ3n) is 3.85. The molecule has 0 spiro atoms. The zero-order valence-electron chi connectivity index (χ0n) is 13.3. The number of halogens is 1. The Morgan fingerprint density at radius 2 is 1.96 bits per heavy atom. The molecule has 0 aliphatic carbocycles. The van der Waals surface area contributed by atoms with Gasteiger partial charge in [0, 0.05) is 26.2 Å². The molecule has 2 aromatic rings. The highest BCUT2D eigenvalue weighted by Gasteiger charge is 2.19. The molecule has 0 bridgehead atoms. The van der Waals surface area contributed by atoms with Gasteiger partial charge < -0.3 is 15.1 Å². The number of piperazine rings is 1. The lowest BCUT2D eigenvalue weighted by molar-refractivity contribution is 0.262. The second kappa shape index (κ2) is 7.78. The number of urea groups is 1. The van der Waals surface area contributed by atoms with E-state index in [1.165, 1.54) is 11.3 Å². The summed E-state index contributed by atoms with van der Waals surface area (Å²) in [6, 6.07) is 6.68. The lowest BCUT2D eigenvalue weighted by atomic mass is 10.3. The van der Waals surface area contributed by atoms with Crippen molar-refractivity contribution in [2.24, 2.45) is 0 Å². The van der Waals surface area contributed by atoms with Crippen LogP contribution in [0.3, 0.4) is 0 Å². The number of carbonyl (C=O) groups excluding carboxylic acids is 1. The van der Waals surface area contributed by atoms with Crippen LogP contribution in [0.4, 0.5) is 20.7 Å². The summed E-state index contributed by atoms with van der Waals surface area (Å²) in [4.78, 5) is 16.6. The number of carbonyl (C=O) groups is 1. The number of para-hydroxylation sites is 1. The molecule has 2 heterocycles. The smallest absolute Gasteiger partial charge is 0.325 e. The molecule has 0 radical (unpaired) electrons. The number of nitrogens with one attached hydrogen (secondary N) is 2. The Bertz CT molecular complexity index is 701. The summed E-state index contributed by atoms with van der Waals surface area (Å²) in [5.74, 6) is 0. The van der Waals surface area contributed by atoms with E-state index in [9.17, 15) is 4.79 Å². The van der Waals surface area contributed by atoms with Crippen LogP contribution in [0.15, 0.2) is 24.3 Å². The number of rotatable bonds is 4. The van der Waals surface area contributed by atoms with E-state index >= 15 is 0 Å². The number of anilines is 3. The van der Waals surface area contributed by atoms with Gasteiger partial charge in [-0.25, -0.2) is 4.79 Å². The molecule has 1 saturated heterocycles. The average Bonchev–Trinajstić information content (AvgIpc) is 3.05. The van der Waals surface area contributed by atoms with Crippen molar-refractivity contribution >= 4 is 44.9 Å². The van der Waals surface area contributed by atoms with E-state index < -0.39 is 0 Å². The molecule has 1 aromatic carbocycles. The van der Waals surface area contributed by atoms with Gasteiger partial charge in [-0.1, -0.05) is 42.0 Å². The minimum absolute atomic E-state index is 0.387. The van der Waals surface area contributed by atoms with Gasteiger partial charge in [-0.3, -0.25) is 5.32 Å². The summed E-state index contributed by atoms with van der Waals surface area (Å²) in [5, 5.41) is 15.4. The van der Waals surface area contributed by atoms with Crippen LogP contribution >= 0.6 is 22.9 Å². The fourth-order valence-corrected chi connectivity index (χ4v) is 3.44. The molecular formula is C15H19ClN6OS. The summed E-state index contributed by atoms with van der Waals surface area (Å²) >= 11 is 7.39. The van der Waals surface area contributed by atoms with E-state index in [1.54, 1.807) is 24.3 Å². The van der Waals surface area contributed by atoms with Crippen LogP contribution in [0, 0.1) is 0 Å². The first-order chi connectivity index (χ1) is 11.7. The molecule has 3 rings (SSSR count). The van der Waals surface area contributed by atoms with E-state index in [1.807, 2.05) is 0 Å². The Morgan fingerprint density at radius 1 is 1.21 bits per heavy atom. The Morgan fingerprint density at radius 3 is 2.67 bits per heavy atom. The van der Waals surface area contributed by atoms with E-state index in [-0.39, 0.29) is 6.03 Å². The summed E-state index contributed by atoms with van der Waals surface area (Å²) in [6.45, 7) is 7.12. The quantitative estimate of drug-likeness (QED) is 0.870. The third-order valence-corrected chi connectivity index (χ3v) is 5.08. The van der Waals surface area contributed by atoms with Crippen LogP contribution in [0.5, 0.6) is 0 Å². The Kier molecular flexibility index (Phi) is 5.49. The molecule has 128 valence electrons. The van der Waals surface area contributed by atoms with Gasteiger partial charge in [0.1, 0.15) is 0 Å². The molecule has 7 nitrogen and oxygen atoms in total. The molecule has 1 aliphatic rings.